The summed E-state index contributed by atoms with van der Waals surface area (Å²) in [5.74, 6) is 0.293. The zero-order valence-corrected chi connectivity index (χ0v) is 14.7. The second-order valence-corrected chi connectivity index (χ2v) is 6.46. The van der Waals surface area contributed by atoms with E-state index < -0.39 is 5.97 Å². The molecule has 25 heavy (non-hydrogen) atoms. The number of fused-ring (bicyclic) bond motifs is 1. The van der Waals surface area contributed by atoms with Gasteiger partial charge in [-0.2, -0.15) is 0 Å². The van der Waals surface area contributed by atoms with Gasteiger partial charge in [-0.3, -0.25) is 4.79 Å². The Bertz CT molecular complexity index is 826. The third-order valence-corrected chi connectivity index (χ3v) is 4.38. The highest BCUT2D eigenvalue weighted by molar-refractivity contribution is 5.93. The lowest BCUT2D eigenvalue weighted by Gasteiger charge is -2.34. The molecule has 0 saturated heterocycles. The van der Waals surface area contributed by atoms with Gasteiger partial charge in [0.25, 0.3) is 5.91 Å². The molecule has 0 unspecified atom stereocenters. The van der Waals surface area contributed by atoms with E-state index in [-0.39, 0.29) is 17.6 Å². The van der Waals surface area contributed by atoms with Gasteiger partial charge in [-0.05, 0) is 26.0 Å². The van der Waals surface area contributed by atoms with Crippen molar-refractivity contribution in [3.05, 3.63) is 41.1 Å². The quantitative estimate of drug-likeness (QED) is 0.909. The van der Waals surface area contributed by atoms with Crippen LogP contribution in [-0.2, 0) is 6.54 Å². The summed E-state index contributed by atoms with van der Waals surface area (Å²) in [5, 5.41) is 9.39. The molecule has 0 aromatic carbocycles. The molecule has 1 atom stereocenters. The van der Waals surface area contributed by atoms with E-state index in [0.29, 0.717) is 36.0 Å². The molecule has 3 heterocycles. The number of carboxylic acid groups (broad SMARTS) is 1. The molecule has 0 bridgehead atoms. The van der Waals surface area contributed by atoms with Gasteiger partial charge >= 0.3 is 5.97 Å². The average Bonchev–Trinajstić information content (AvgIpc) is 2.91. The van der Waals surface area contributed by atoms with Crippen molar-refractivity contribution < 1.29 is 14.7 Å². The molecule has 0 spiro atoms. The second kappa shape index (κ2) is 6.19. The number of hydrogen-bond donors (Lipinski definition) is 1. The van der Waals surface area contributed by atoms with Crippen molar-refractivity contribution in [2.45, 2.75) is 26.4 Å². The molecule has 8 heteroatoms. The molecule has 3 rings (SSSR count). The first-order valence-electron chi connectivity index (χ1n) is 8.03. The Balaban J connectivity index is 1.91. The predicted molar refractivity (Wildman–Crippen MR) is 91.9 cm³/mol. The number of carbonyl (C=O) groups excluding carboxylic acids is 1. The van der Waals surface area contributed by atoms with Crippen molar-refractivity contribution in [3.63, 3.8) is 0 Å². The van der Waals surface area contributed by atoms with E-state index in [0.717, 1.165) is 0 Å². The van der Waals surface area contributed by atoms with Crippen molar-refractivity contribution in [1.29, 1.82) is 0 Å². The van der Waals surface area contributed by atoms with E-state index in [4.69, 9.17) is 0 Å². The van der Waals surface area contributed by atoms with Crippen LogP contribution in [0.3, 0.4) is 0 Å². The Kier molecular flexibility index (Phi) is 4.20. The molecule has 2 aromatic heterocycles. The molecular weight excluding hydrogens is 322 g/mol. The van der Waals surface area contributed by atoms with Gasteiger partial charge in [0.05, 0.1) is 17.8 Å². The van der Waals surface area contributed by atoms with Crippen LogP contribution in [0.2, 0.25) is 0 Å². The minimum Gasteiger partial charge on any atom is -0.476 e. The van der Waals surface area contributed by atoms with Crippen LogP contribution in [0.15, 0.2) is 18.3 Å². The lowest BCUT2D eigenvalue weighted by molar-refractivity contribution is 0.0688. The summed E-state index contributed by atoms with van der Waals surface area (Å²) >= 11 is 0. The van der Waals surface area contributed by atoms with Crippen molar-refractivity contribution in [1.82, 2.24) is 19.4 Å². The van der Waals surface area contributed by atoms with Crippen molar-refractivity contribution >= 4 is 17.7 Å². The van der Waals surface area contributed by atoms with Gasteiger partial charge in [-0.1, -0.05) is 0 Å². The van der Waals surface area contributed by atoms with Crippen molar-refractivity contribution in [3.8, 4) is 0 Å². The van der Waals surface area contributed by atoms with Crippen LogP contribution in [-0.4, -0.2) is 57.1 Å². The SMILES string of the molecule is Cc1nc(C(=O)O)c2n1[C@H](C)CN(c1ccc(C(=O)N(C)C)cn1)C2. The predicted octanol–water partition coefficient (Wildman–Crippen LogP) is 1.57. The van der Waals surface area contributed by atoms with Crippen LogP contribution in [0.5, 0.6) is 0 Å². The highest BCUT2D eigenvalue weighted by Crippen LogP contribution is 2.28. The highest BCUT2D eigenvalue weighted by atomic mass is 16.4. The first-order chi connectivity index (χ1) is 11.8. The summed E-state index contributed by atoms with van der Waals surface area (Å²) in [6, 6.07) is 3.61. The number of rotatable bonds is 3. The van der Waals surface area contributed by atoms with Crippen LogP contribution in [0.1, 0.15) is 45.3 Å². The normalized spacial score (nSPS) is 16.5. The fourth-order valence-electron chi connectivity index (χ4n) is 3.28. The summed E-state index contributed by atoms with van der Waals surface area (Å²) in [6.45, 7) is 4.96. The summed E-state index contributed by atoms with van der Waals surface area (Å²) in [5.41, 5.74) is 1.29. The smallest absolute Gasteiger partial charge is 0.356 e. The molecule has 2 aromatic rings. The molecule has 0 saturated carbocycles. The number of nitrogens with zero attached hydrogens (tertiary/aromatic N) is 5. The molecule has 1 amide bonds. The number of imidazole rings is 1. The molecule has 1 N–H and O–H groups in total. The molecule has 1 aliphatic rings. The Morgan fingerprint density at radius 1 is 1.32 bits per heavy atom. The van der Waals surface area contributed by atoms with Crippen molar-refractivity contribution in [2.24, 2.45) is 0 Å². The number of carbonyl (C=O) groups is 2. The first-order valence-corrected chi connectivity index (χ1v) is 8.03. The molecule has 8 nitrogen and oxygen atoms in total. The lowest BCUT2D eigenvalue weighted by atomic mass is 10.1. The number of aromatic nitrogens is 3. The standard InChI is InChI=1S/C17H21N5O3/c1-10-8-21(9-13-15(17(24)25)19-11(2)22(10)13)14-6-5-12(7-18-14)16(23)20(3)4/h5-7,10H,8-9H2,1-4H3,(H,24,25)/t10-/m1/s1. The Morgan fingerprint density at radius 3 is 2.60 bits per heavy atom. The highest BCUT2D eigenvalue weighted by Gasteiger charge is 2.30. The summed E-state index contributed by atoms with van der Waals surface area (Å²) in [6.07, 6.45) is 1.55. The van der Waals surface area contributed by atoms with Gasteiger partial charge in [-0.15, -0.1) is 0 Å². The fourth-order valence-corrected chi connectivity index (χ4v) is 3.28. The minimum atomic E-state index is -1.02. The van der Waals surface area contributed by atoms with E-state index in [9.17, 15) is 14.7 Å². The lowest BCUT2D eigenvalue weighted by Crippen LogP contribution is -2.37. The average molecular weight is 343 g/mol. The second-order valence-electron chi connectivity index (χ2n) is 6.46. The Morgan fingerprint density at radius 2 is 2.04 bits per heavy atom. The van der Waals surface area contributed by atoms with E-state index >= 15 is 0 Å². The molecular formula is C17H21N5O3. The molecule has 1 aliphatic heterocycles. The molecule has 0 radical (unpaired) electrons. The number of pyridine rings is 1. The molecule has 132 valence electrons. The van der Waals surface area contributed by atoms with Gasteiger partial charge in [0.2, 0.25) is 0 Å². The number of amides is 1. The van der Waals surface area contributed by atoms with Gasteiger partial charge in [-0.25, -0.2) is 14.8 Å². The third kappa shape index (κ3) is 2.95. The van der Waals surface area contributed by atoms with E-state index in [1.54, 1.807) is 32.4 Å². The van der Waals surface area contributed by atoms with E-state index in [1.807, 2.05) is 23.3 Å². The van der Waals surface area contributed by atoms with Gasteiger partial charge < -0.3 is 19.5 Å². The topological polar surface area (TPSA) is 91.6 Å². The van der Waals surface area contributed by atoms with Gasteiger partial charge in [0.1, 0.15) is 11.6 Å². The first kappa shape index (κ1) is 16.9. The maximum atomic E-state index is 12.0. The number of hydrogen-bond acceptors (Lipinski definition) is 5. The van der Waals surface area contributed by atoms with Crippen LogP contribution in [0.4, 0.5) is 5.82 Å². The minimum absolute atomic E-state index is 0.0780. The number of aryl methyl sites for hydroxylation is 1. The van der Waals surface area contributed by atoms with Crippen LogP contribution >= 0.6 is 0 Å². The molecule has 0 fully saturated rings. The van der Waals surface area contributed by atoms with Crippen LogP contribution < -0.4 is 4.90 Å². The van der Waals surface area contributed by atoms with Crippen LogP contribution in [0.25, 0.3) is 0 Å². The summed E-state index contributed by atoms with van der Waals surface area (Å²) in [4.78, 5) is 35.5. The Hall–Kier alpha value is -2.90. The Labute approximate surface area is 145 Å². The zero-order valence-electron chi connectivity index (χ0n) is 14.7. The van der Waals surface area contributed by atoms with E-state index in [2.05, 4.69) is 9.97 Å². The van der Waals surface area contributed by atoms with Gasteiger partial charge in [0, 0.05) is 32.9 Å². The summed E-state index contributed by atoms with van der Waals surface area (Å²) in [7, 11) is 3.39. The van der Waals surface area contributed by atoms with Crippen LogP contribution in [0, 0.1) is 6.92 Å². The van der Waals surface area contributed by atoms with Gasteiger partial charge in [0.15, 0.2) is 5.69 Å². The number of anilines is 1. The number of aromatic carboxylic acids is 1. The molecule has 0 aliphatic carbocycles. The maximum absolute atomic E-state index is 12.0. The van der Waals surface area contributed by atoms with Crippen molar-refractivity contribution in [2.75, 3.05) is 25.5 Å². The monoisotopic (exact) mass is 343 g/mol. The zero-order chi connectivity index (χ0) is 18.3. The van der Waals surface area contributed by atoms with E-state index in [1.165, 1.54) is 4.90 Å². The number of carboxylic acids is 1. The fraction of sp³-hybridized carbons (Fsp3) is 0.412. The maximum Gasteiger partial charge on any atom is 0.356 e. The largest absolute Gasteiger partial charge is 0.476 e. The summed E-state index contributed by atoms with van der Waals surface area (Å²) < 4.78 is 1.98. The third-order valence-electron chi connectivity index (χ3n) is 4.38.